The number of ether oxygens (including phenoxy) is 1. The first kappa shape index (κ1) is 11.3. The molecule has 1 aliphatic rings. The van der Waals surface area contributed by atoms with Crippen molar-refractivity contribution in [2.24, 2.45) is 0 Å². The maximum atomic E-state index is 11.9. The molecular formula is C14H16N2O2. The van der Waals surface area contributed by atoms with Gasteiger partial charge in [0.1, 0.15) is 0 Å². The summed E-state index contributed by atoms with van der Waals surface area (Å²) in [5.41, 5.74) is 4.48. The van der Waals surface area contributed by atoms with Crippen LogP contribution in [-0.2, 0) is 16.1 Å². The maximum absolute atomic E-state index is 11.9. The van der Waals surface area contributed by atoms with Gasteiger partial charge in [-0.2, -0.15) is 0 Å². The van der Waals surface area contributed by atoms with Crippen LogP contribution in [-0.4, -0.2) is 24.6 Å². The second-order valence-corrected chi connectivity index (χ2v) is 4.77. The van der Waals surface area contributed by atoms with E-state index in [1.165, 1.54) is 12.7 Å². The molecule has 1 atom stereocenters. The molecule has 0 bridgehead atoms. The molecule has 0 saturated carbocycles. The predicted octanol–water partition coefficient (Wildman–Crippen LogP) is 1.84. The van der Waals surface area contributed by atoms with Crippen LogP contribution >= 0.6 is 0 Å². The molecule has 0 spiro atoms. The summed E-state index contributed by atoms with van der Waals surface area (Å²) in [7, 11) is 1.44. The molecule has 4 nitrogen and oxygen atoms in total. The number of aromatic amines is 1. The average Bonchev–Trinajstić information content (AvgIpc) is 2.75. The first-order valence-corrected chi connectivity index (χ1v) is 6.10. The Labute approximate surface area is 105 Å². The van der Waals surface area contributed by atoms with Crippen LogP contribution in [0.25, 0.3) is 10.9 Å². The Hall–Kier alpha value is -1.81. The molecule has 0 amide bonds. The van der Waals surface area contributed by atoms with Crippen molar-refractivity contribution in [3.63, 3.8) is 0 Å². The van der Waals surface area contributed by atoms with E-state index in [9.17, 15) is 4.79 Å². The SMILES string of the molecule is COC(=O)C1CNCc2[nH]c3ccc(C)cc3c21. The minimum atomic E-state index is -0.214. The van der Waals surface area contributed by atoms with Crippen molar-refractivity contribution in [2.45, 2.75) is 19.4 Å². The number of benzene rings is 1. The van der Waals surface area contributed by atoms with Crippen LogP contribution in [0.4, 0.5) is 0 Å². The lowest BCUT2D eigenvalue weighted by Crippen LogP contribution is -2.32. The summed E-state index contributed by atoms with van der Waals surface area (Å²) in [6, 6.07) is 6.27. The normalized spacial score (nSPS) is 18.7. The molecule has 0 aliphatic carbocycles. The third-order valence-corrected chi connectivity index (χ3v) is 3.56. The Balaban J connectivity index is 2.22. The number of esters is 1. The molecule has 0 fully saturated rings. The van der Waals surface area contributed by atoms with Crippen LogP contribution in [0.1, 0.15) is 22.7 Å². The van der Waals surface area contributed by atoms with Crippen molar-refractivity contribution < 1.29 is 9.53 Å². The molecule has 4 heteroatoms. The Morgan fingerprint density at radius 3 is 3.06 bits per heavy atom. The topological polar surface area (TPSA) is 54.1 Å². The molecule has 94 valence electrons. The van der Waals surface area contributed by atoms with Crippen molar-refractivity contribution in [1.82, 2.24) is 10.3 Å². The van der Waals surface area contributed by atoms with Gasteiger partial charge in [0.2, 0.25) is 0 Å². The number of carbonyl (C=O) groups is 1. The van der Waals surface area contributed by atoms with Gasteiger partial charge in [-0.15, -0.1) is 0 Å². The summed E-state index contributed by atoms with van der Waals surface area (Å²) in [5.74, 6) is -0.389. The molecule has 1 unspecified atom stereocenters. The molecule has 2 N–H and O–H groups in total. The van der Waals surface area contributed by atoms with Gasteiger partial charge >= 0.3 is 5.97 Å². The summed E-state index contributed by atoms with van der Waals surface area (Å²) in [6.07, 6.45) is 0. The fourth-order valence-electron chi connectivity index (χ4n) is 2.71. The van der Waals surface area contributed by atoms with E-state index < -0.39 is 0 Å². The number of H-pyrrole nitrogens is 1. The van der Waals surface area contributed by atoms with Crippen LogP contribution in [0, 0.1) is 6.92 Å². The molecular weight excluding hydrogens is 228 g/mol. The van der Waals surface area contributed by atoms with Crippen LogP contribution < -0.4 is 5.32 Å². The zero-order valence-electron chi connectivity index (χ0n) is 10.5. The standard InChI is InChI=1S/C14H16N2O2/c1-8-3-4-11-9(5-8)13-10(14(17)18-2)6-15-7-12(13)16-11/h3-5,10,15-16H,6-7H2,1-2H3. The van der Waals surface area contributed by atoms with E-state index in [4.69, 9.17) is 4.74 Å². The van der Waals surface area contributed by atoms with Gasteiger partial charge in [-0.3, -0.25) is 4.79 Å². The number of aryl methyl sites for hydroxylation is 1. The predicted molar refractivity (Wildman–Crippen MR) is 69.5 cm³/mol. The average molecular weight is 244 g/mol. The fraction of sp³-hybridized carbons (Fsp3) is 0.357. The molecule has 1 aliphatic heterocycles. The number of hydrogen-bond acceptors (Lipinski definition) is 3. The summed E-state index contributed by atoms with van der Waals surface area (Å²) in [4.78, 5) is 15.3. The third-order valence-electron chi connectivity index (χ3n) is 3.56. The highest BCUT2D eigenvalue weighted by molar-refractivity contribution is 5.92. The Morgan fingerprint density at radius 1 is 1.44 bits per heavy atom. The van der Waals surface area contributed by atoms with Crippen molar-refractivity contribution in [3.8, 4) is 0 Å². The minimum absolute atomic E-state index is 0.175. The van der Waals surface area contributed by atoms with E-state index in [0.29, 0.717) is 6.54 Å². The van der Waals surface area contributed by atoms with Gasteiger partial charge in [-0.25, -0.2) is 0 Å². The molecule has 0 saturated heterocycles. The van der Waals surface area contributed by atoms with E-state index >= 15 is 0 Å². The van der Waals surface area contributed by atoms with E-state index in [2.05, 4.69) is 35.4 Å². The molecule has 1 aromatic heterocycles. The summed E-state index contributed by atoms with van der Waals surface area (Å²) in [5, 5.41) is 4.39. The van der Waals surface area contributed by atoms with Crippen molar-refractivity contribution in [2.75, 3.05) is 13.7 Å². The number of rotatable bonds is 1. The monoisotopic (exact) mass is 244 g/mol. The molecule has 2 heterocycles. The van der Waals surface area contributed by atoms with Gasteiger partial charge < -0.3 is 15.0 Å². The Kier molecular flexibility index (Phi) is 2.59. The van der Waals surface area contributed by atoms with Crippen LogP contribution in [0.3, 0.4) is 0 Å². The van der Waals surface area contributed by atoms with Crippen molar-refractivity contribution in [3.05, 3.63) is 35.0 Å². The van der Waals surface area contributed by atoms with Crippen LogP contribution in [0.2, 0.25) is 0 Å². The molecule has 3 rings (SSSR count). The smallest absolute Gasteiger partial charge is 0.314 e. The fourth-order valence-corrected chi connectivity index (χ4v) is 2.71. The lowest BCUT2D eigenvalue weighted by atomic mass is 9.92. The highest BCUT2D eigenvalue weighted by atomic mass is 16.5. The first-order valence-electron chi connectivity index (χ1n) is 6.10. The minimum Gasteiger partial charge on any atom is -0.469 e. The molecule has 0 radical (unpaired) electrons. The van der Waals surface area contributed by atoms with Crippen molar-refractivity contribution in [1.29, 1.82) is 0 Å². The van der Waals surface area contributed by atoms with Gasteiger partial charge in [-0.1, -0.05) is 11.6 Å². The lowest BCUT2D eigenvalue weighted by Gasteiger charge is -2.21. The van der Waals surface area contributed by atoms with Gasteiger partial charge in [0.05, 0.1) is 13.0 Å². The van der Waals surface area contributed by atoms with Gasteiger partial charge in [0.25, 0.3) is 0 Å². The zero-order valence-corrected chi connectivity index (χ0v) is 10.5. The Bertz CT molecular complexity index is 616. The highest BCUT2D eigenvalue weighted by Gasteiger charge is 2.30. The Morgan fingerprint density at radius 2 is 2.28 bits per heavy atom. The van der Waals surface area contributed by atoms with Gasteiger partial charge in [0.15, 0.2) is 0 Å². The number of hydrogen-bond donors (Lipinski definition) is 2. The quantitative estimate of drug-likeness (QED) is 0.753. The third kappa shape index (κ3) is 1.61. The number of carbonyl (C=O) groups excluding carboxylic acids is 1. The van der Waals surface area contributed by atoms with E-state index in [0.717, 1.165) is 28.7 Å². The van der Waals surface area contributed by atoms with E-state index in [1.807, 2.05) is 0 Å². The molecule has 1 aromatic carbocycles. The maximum Gasteiger partial charge on any atom is 0.314 e. The van der Waals surface area contributed by atoms with E-state index in [1.54, 1.807) is 0 Å². The lowest BCUT2D eigenvalue weighted by molar-refractivity contribution is -0.142. The highest BCUT2D eigenvalue weighted by Crippen LogP contribution is 2.33. The summed E-state index contributed by atoms with van der Waals surface area (Å²) < 4.78 is 4.90. The van der Waals surface area contributed by atoms with Crippen molar-refractivity contribution >= 4 is 16.9 Å². The number of nitrogens with one attached hydrogen (secondary N) is 2. The number of aromatic nitrogens is 1. The molecule has 2 aromatic rings. The molecule has 18 heavy (non-hydrogen) atoms. The van der Waals surface area contributed by atoms with Gasteiger partial charge in [0, 0.05) is 29.7 Å². The second-order valence-electron chi connectivity index (χ2n) is 4.77. The number of methoxy groups -OCH3 is 1. The largest absolute Gasteiger partial charge is 0.469 e. The summed E-state index contributed by atoms with van der Waals surface area (Å²) >= 11 is 0. The second kappa shape index (κ2) is 4.14. The number of fused-ring (bicyclic) bond motifs is 3. The van der Waals surface area contributed by atoms with Crippen LogP contribution in [0.5, 0.6) is 0 Å². The van der Waals surface area contributed by atoms with Gasteiger partial charge in [-0.05, 0) is 24.6 Å². The van der Waals surface area contributed by atoms with E-state index in [-0.39, 0.29) is 11.9 Å². The first-order chi connectivity index (χ1) is 8.70. The zero-order chi connectivity index (χ0) is 12.7. The summed E-state index contributed by atoms with van der Waals surface area (Å²) in [6.45, 7) is 3.48. The van der Waals surface area contributed by atoms with Crippen LogP contribution in [0.15, 0.2) is 18.2 Å².